The Morgan fingerprint density at radius 2 is 1.36 bits per heavy atom. The molecule has 0 aliphatic rings. The molecular weight excluding hydrogens is 484 g/mol. The van der Waals surface area contributed by atoms with Crippen LogP contribution in [0, 0.1) is 0 Å². The molecule has 184 valence electrons. The fourth-order valence-electron chi connectivity index (χ4n) is 3.52. The van der Waals surface area contributed by atoms with Crippen molar-refractivity contribution in [3.8, 4) is 0 Å². The summed E-state index contributed by atoms with van der Waals surface area (Å²) in [5.74, 6) is -0.487. The molecule has 0 saturated carbocycles. The van der Waals surface area contributed by atoms with E-state index in [4.69, 9.17) is 0 Å². The first-order chi connectivity index (χ1) is 17.0. The second-order valence-corrected chi connectivity index (χ2v) is 7.72. The number of aromatic nitrogens is 2. The van der Waals surface area contributed by atoms with Gasteiger partial charge in [0.2, 0.25) is 5.91 Å². The van der Waals surface area contributed by atoms with Gasteiger partial charge in [-0.1, -0.05) is 42.5 Å². The number of amides is 1. The molecule has 1 heterocycles. The molecule has 0 fully saturated rings. The lowest BCUT2D eigenvalue weighted by molar-refractivity contribution is -0.138. The van der Waals surface area contributed by atoms with E-state index < -0.39 is 29.4 Å². The number of benzene rings is 3. The summed E-state index contributed by atoms with van der Waals surface area (Å²) in [4.78, 5) is 12.4. The maximum Gasteiger partial charge on any atom is 0.416 e. The molecule has 0 radical (unpaired) electrons. The standard InChI is InChI=1S/C26H17F6N3O/c27-25(28,29)18-11-7-16(8-12-18)20(17-9-13-19(14-10-17)26(30,31)32)3-1-6-24(36)34-22-4-2-5-23-21(22)15-33-35-23/h1-15H,(H,33,35)(H,34,36). The van der Waals surface area contributed by atoms with E-state index in [2.05, 4.69) is 15.5 Å². The lowest BCUT2D eigenvalue weighted by atomic mass is 9.95. The van der Waals surface area contributed by atoms with Gasteiger partial charge < -0.3 is 5.32 Å². The van der Waals surface area contributed by atoms with Gasteiger partial charge in [0, 0.05) is 11.5 Å². The summed E-state index contributed by atoms with van der Waals surface area (Å²) in [6, 6.07) is 13.6. The third-order valence-electron chi connectivity index (χ3n) is 5.30. The van der Waals surface area contributed by atoms with E-state index in [1.165, 1.54) is 42.5 Å². The van der Waals surface area contributed by atoms with Gasteiger partial charge in [-0.25, -0.2) is 0 Å². The fourth-order valence-corrected chi connectivity index (χ4v) is 3.52. The second kappa shape index (κ2) is 9.73. The van der Waals surface area contributed by atoms with Gasteiger partial charge in [-0.2, -0.15) is 31.4 Å². The van der Waals surface area contributed by atoms with Gasteiger partial charge in [0.05, 0.1) is 28.5 Å². The Morgan fingerprint density at radius 1 is 0.806 bits per heavy atom. The number of nitrogens with zero attached hydrogens (tertiary/aromatic N) is 1. The van der Waals surface area contributed by atoms with Crippen LogP contribution in [0.1, 0.15) is 22.3 Å². The van der Waals surface area contributed by atoms with Gasteiger partial charge in [-0.15, -0.1) is 0 Å². The van der Waals surface area contributed by atoms with Crippen molar-refractivity contribution in [2.75, 3.05) is 5.32 Å². The quantitative estimate of drug-likeness (QED) is 0.172. The monoisotopic (exact) mass is 501 g/mol. The molecule has 0 aliphatic carbocycles. The average molecular weight is 501 g/mol. The predicted molar refractivity (Wildman–Crippen MR) is 124 cm³/mol. The summed E-state index contributed by atoms with van der Waals surface area (Å²) in [5, 5.41) is 10.1. The van der Waals surface area contributed by atoms with Gasteiger partial charge in [0.15, 0.2) is 0 Å². The number of allylic oxidation sites excluding steroid dienone is 2. The fraction of sp³-hybridized carbons (Fsp3) is 0.0769. The maximum absolute atomic E-state index is 13.0. The van der Waals surface area contributed by atoms with Crippen LogP contribution in [0.5, 0.6) is 0 Å². The van der Waals surface area contributed by atoms with Crippen molar-refractivity contribution >= 4 is 28.1 Å². The minimum absolute atomic E-state index is 0.330. The van der Waals surface area contributed by atoms with Gasteiger partial charge in [0.25, 0.3) is 0 Å². The number of alkyl halides is 6. The number of carbonyl (C=O) groups is 1. The van der Waals surface area contributed by atoms with Crippen molar-refractivity contribution in [2.24, 2.45) is 0 Å². The summed E-state index contributed by atoms with van der Waals surface area (Å²) in [6.45, 7) is 0. The summed E-state index contributed by atoms with van der Waals surface area (Å²) in [7, 11) is 0. The maximum atomic E-state index is 13.0. The normalized spacial score (nSPS) is 12.2. The molecule has 0 aliphatic heterocycles. The van der Waals surface area contributed by atoms with Crippen LogP contribution < -0.4 is 5.32 Å². The minimum Gasteiger partial charge on any atom is -0.322 e. The van der Waals surface area contributed by atoms with Crippen LogP contribution in [0.2, 0.25) is 0 Å². The highest BCUT2D eigenvalue weighted by atomic mass is 19.4. The number of hydrogen-bond donors (Lipinski definition) is 2. The number of halogens is 6. The highest BCUT2D eigenvalue weighted by molar-refractivity contribution is 6.05. The van der Waals surface area contributed by atoms with E-state index in [-0.39, 0.29) is 0 Å². The van der Waals surface area contributed by atoms with Crippen molar-refractivity contribution in [1.82, 2.24) is 10.2 Å². The zero-order valence-electron chi connectivity index (χ0n) is 18.3. The summed E-state index contributed by atoms with van der Waals surface area (Å²) >= 11 is 0. The van der Waals surface area contributed by atoms with Crippen molar-refractivity contribution in [1.29, 1.82) is 0 Å². The number of aromatic amines is 1. The van der Waals surface area contributed by atoms with Crippen LogP contribution in [0.15, 0.2) is 91.2 Å². The van der Waals surface area contributed by atoms with Crippen LogP contribution in [0.4, 0.5) is 32.0 Å². The number of nitrogens with one attached hydrogen (secondary N) is 2. The third kappa shape index (κ3) is 5.65. The molecule has 1 aromatic heterocycles. The van der Waals surface area contributed by atoms with Gasteiger partial charge in [0.1, 0.15) is 0 Å². The molecule has 1 amide bonds. The van der Waals surface area contributed by atoms with E-state index >= 15 is 0 Å². The Kier molecular flexibility index (Phi) is 6.69. The zero-order valence-corrected chi connectivity index (χ0v) is 18.3. The third-order valence-corrected chi connectivity index (χ3v) is 5.30. The SMILES string of the molecule is O=C(C=CC=C(c1ccc(C(F)(F)F)cc1)c1ccc(C(F)(F)F)cc1)Nc1cccc2[nH]ncc12. The van der Waals surface area contributed by atoms with Crippen molar-refractivity contribution < 1.29 is 31.1 Å². The first-order valence-corrected chi connectivity index (χ1v) is 10.5. The molecule has 0 saturated heterocycles. The van der Waals surface area contributed by atoms with Crippen LogP contribution in [0.3, 0.4) is 0 Å². The highest BCUT2D eigenvalue weighted by Gasteiger charge is 2.31. The largest absolute Gasteiger partial charge is 0.416 e. The van der Waals surface area contributed by atoms with Crippen molar-refractivity contribution in [3.63, 3.8) is 0 Å². The first kappa shape index (κ1) is 24.8. The van der Waals surface area contributed by atoms with Crippen LogP contribution in [0.25, 0.3) is 16.5 Å². The number of fused-ring (bicyclic) bond motifs is 1. The Hall–Kier alpha value is -4.34. The number of anilines is 1. The summed E-state index contributed by atoms with van der Waals surface area (Å²) in [6.07, 6.45) is -3.49. The lowest BCUT2D eigenvalue weighted by Crippen LogP contribution is -2.07. The summed E-state index contributed by atoms with van der Waals surface area (Å²) in [5.41, 5.74) is 0.516. The van der Waals surface area contributed by atoms with E-state index in [0.29, 0.717) is 27.8 Å². The van der Waals surface area contributed by atoms with Gasteiger partial charge >= 0.3 is 12.4 Å². The van der Waals surface area contributed by atoms with Gasteiger partial charge in [-0.3, -0.25) is 9.89 Å². The Balaban J connectivity index is 1.63. The molecule has 0 spiro atoms. The van der Waals surface area contributed by atoms with Gasteiger partial charge in [-0.05, 0) is 53.1 Å². The minimum atomic E-state index is -4.54. The van der Waals surface area contributed by atoms with E-state index in [9.17, 15) is 31.1 Å². The molecule has 4 aromatic rings. The number of rotatable bonds is 5. The second-order valence-electron chi connectivity index (χ2n) is 7.72. The highest BCUT2D eigenvalue weighted by Crippen LogP contribution is 2.33. The Labute approximate surface area is 201 Å². The van der Waals surface area contributed by atoms with E-state index in [1.54, 1.807) is 24.4 Å². The molecule has 0 bridgehead atoms. The molecule has 0 unspecified atom stereocenters. The molecule has 0 atom stereocenters. The average Bonchev–Trinajstić information content (AvgIpc) is 3.31. The molecule has 4 rings (SSSR count). The number of H-pyrrole nitrogens is 1. The first-order valence-electron chi connectivity index (χ1n) is 10.5. The summed E-state index contributed by atoms with van der Waals surface area (Å²) < 4.78 is 77.8. The Morgan fingerprint density at radius 3 is 1.89 bits per heavy atom. The smallest absolute Gasteiger partial charge is 0.322 e. The predicted octanol–water partition coefficient (Wildman–Crippen LogP) is 7.23. The number of carbonyl (C=O) groups excluding carboxylic acids is 1. The van der Waals surface area contributed by atoms with Crippen molar-refractivity contribution in [3.05, 3.63) is 113 Å². The molecular formula is C26H17F6N3O. The van der Waals surface area contributed by atoms with Crippen LogP contribution in [-0.2, 0) is 17.1 Å². The Bertz CT molecular complexity index is 1370. The molecule has 4 nitrogen and oxygen atoms in total. The molecule has 10 heteroatoms. The molecule has 2 N–H and O–H groups in total. The zero-order chi connectivity index (χ0) is 25.9. The molecule has 3 aromatic carbocycles. The van der Waals surface area contributed by atoms with Crippen LogP contribution >= 0.6 is 0 Å². The van der Waals surface area contributed by atoms with Crippen LogP contribution in [-0.4, -0.2) is 16.1 Å². The topological polar surface area (TPSA) is 57.8 Å². The molecule has 36 heavy (non-hydrogen) atoms. The van der Waals surface area contributed by atoms with E-state index in [1.807, 2.05) is 0 Å². The lowest BCUT2D eigenvalue weighted by Gasteiger charge is -2.12. The number of hydrogen-bond acceptors (Lipinski definition) is 2. The van der Waals surface area contributed by atoms with Crippen molar-refractivity contribution in [2.45, 2.75) is 12.4 Å². The van der Waals surface area contributed by atoms with E-state index in [0.717, 1.165) is 29.8 Å².